The van der Waals surface area contributed by atoms with Crippen molar-refractivity contribution in [2.75, 3.05) is 6.61 Å². The minimum atomic E-state index is -0.435. The molecule has 5 heteroatoms. The van der Waals surface area contributed by atoms with Crippen LogP contribution in [0.2, 0.25) is 0 Å². The maximum atomic E-state index is 12.4. The first-order valence-corrected chi connectivity index (χ1v) is 7.07. The molecule has 0 radical (unpaired) electrons. The van der Waals surface area contributed by atoms with Gasteiger partial charge < -0.3 is 14.3 Å². The van der Waals surface area contributed by atoms with Gasteiger partial charge in [-0.05, 0) is 18.6 Å². The molecule has 2 heterocycles. The summed E-state index contributed by atoms with van der Waals surface area (Å²) in [5, 5.41) is 0. The van der Waals surface area contributed by atoms with Crippen LogP contribution >= 0.6 is 0 Å². The van der Waals surface area contributed by atoms with Gasteiger partial charge in [0, 0.05) is 18.8 Å². The molecule has 22 heavy (non-hydrogen) atoms. The van der Waals surface area contributed by atoms with Crippen LogP contribution in [-0.4, -0.2) is 22.1 Å². The first-order valence-electron chi connectivity index (χ1n) is 7.07. The van der Waals surface area contributed by atoms with Crippen LogP contribution in [0.4, 0.5) is 0 Å². The molecule has 0 saturated heterocycles. The van der Waals surface area contributed by atoms with Gasteiger partial charge in [0.1, 0.15) is 11.2 Å². The van der Waals surface area contributed by atoms with E-state index in [1.807, 2.05) is 30.3 Å². The summed E-state index contributed by atoms with van der Waals surface area (Å²) in [6.45, 7) is 2.04. The molecule has 0 bridgehead atoms. The zero-order valence-corrected chi connectivity index (χ0v) is 12.4. The smallest absolute Gasteiger partial charge is 0.355 e. The SMILES string of the molecule is CCOC(=O)c1cc2[nH]c(-c3ccccc3)cc(=O)c2n1C. The minimum Gasteiger partial charge on any atom is -0.461 e. The number of H-pyrrole nitrogens is 1. The van der Waals surface area contributed by atoms with Crippen LogP contribution in [0.5, 0.6) is 0 Å². The van der Waals surface area contributed by atoms with E-state index < -0.39 is 5.97 Å². The maximum Gasteiger partial charge on any atom is 0.355 e. The van der Waals surface area contributed by atoms with Crippen LogP contribution in [0.25, 0.3) is 22.3 Å². The van der Waals surface area contributed by atoms with Crippen molar-refractivity contribution in [1.82, 2.24) is 9.55 Å². The number of pyridine rings is 1. The zero-order chi connectivity index (χ0) is 15.7. The summed E-state index contributed by atoms with van der Waals surface area (Å²) in [4.78, 5) is 27.6. The Morgan fingerprint density at radius 3 is 2.64 bits per heavy atom. The van der Waals surface area contributed by atoms with Crippen molar-refractivity contribution in [2.24, 2.45) is 7.05 Å². The monoisotopic (exact) mass is 296 g/mol. The topological polar surface area (TPSA) is 64.1 Å². The lowest BCUT2D eigenvalue weighted by molar-refractivity contribution is 0.0516. The average Bonchev–Trinajstić information content (AvgIpc) is 2.86. The zero-order valence-electron chi connectivity index (χ0n) is 12.4. The number of fused-ring (bicyclic) bond motifs is 1. The van der Waals surface area contributed by atoms with Crippen molar-refractivity contribution < 1.29 is 9.53 Å². The summed E-state index contributed by atoms with van der Waals surface area (Å²) < 4.78 is 6.59. The van der Waals surface area contributed by atoms with Gasteiger partial charge in [-0.2, -0.15) is 0 Å². The third kappa shape index (κ3) is 2.30. The predicted molar refractivity (Wildman–Crippen MR) is 84.9 cm³/mol. The minimum absolute atomic E-state index is 0.134. The van der Waals surface area contributed by atoms with Gasteiger partial charge in [-0.15, -0.1) is 0 Å². The molecule has 3 aromatic rings. The molecule has 0 unspecified atom stereocenters. The molecule has 0 aliphatic heterocycles. The second kappa shape index (κ2) is 5.52. The van der Waals surface area contributed by atoms with Gasteiger partial charge in [-0.25, -0.2) is 4.79 Å². The lowest BCUT2D eigenvalue weighted by atomic mass is 10.1. The van der Waals surface area contributed by atoms with E-state index in [1.54, 1.807) is 30.7 Å². The highest BCUT2D eigenvalue weighted by Gasteiger charge is 2.17. The van der Waals surface area contributed by atoms with Gasteiger partial charge in [0.25, 0.3) is 0 Å². The Kier molecular flexibility index (Phi) is 3.55. The second-order valence-corrected chi connectivity index (χ2v) is 4.98. The van der Waals surface area contributed by atoms with Crippen molar-refractivity contribution in [3.8, 4) is 11.3 Å². The van der Waals surface area contributed by atoms with E-state index in [0.717, 1.165) is 11.3 Å². The number of aromatic nitrogens is 2. The van der Waals surface area contributed by atoms with Gasteiger partial charge in [-0.3, -0.25) is 4.79 Å². The Morgan fingerprint density at radius 2 is 1.95 bits per heavy atom. The molecule has 5 nitrogen and oxygen atoms in total. The first-order chi connectivity index (χ1) is 10.6. The van der Waals surface area contributed by atoms with E-state index in [9.17, 15) is 9.59 Å². The van der Waals surface area contributed by atoms with Gasteiger partial charge in [-0.1, -0.05) is 30.3 Å². The van der Waals surface area contributed by atoms with Gasteiger partial charge >= 0.3 is 5.97 Å². The van der Waals surface area contributed by atoms with E-state index in [4.69, 9.17) is 4.74 Å². The quantitative estimate of drug-likeness (QED) is 0.756. The fourth-order valence-electron chi connectivity index (χ4n) is 2.55. The molecular weight excluding hydrogens is 280 g/mol. The first kappa shape index (κ1) is 14.1. The Bertz CT molecular complexity index is 891. The Labute approximate surface area is 127 Å². The third-order valence-corrected chi connectivity index (χ3v) is 3.58. The lowest BCUT2D eigenvalue weighted by Crippen LogP contribution is -2.12. The number of rotatable bonds is 3. The number of ether oxygens (including phenoxy) is 1. The average molecular weight is 296 g/mol. The van der Waals surface area contributed by atoms with Gasteiger partial charge in [0.15, 0.2) is 0 Å². The molecular formula is C17H16N2O3. The normalized spacial score (nSPS) is 10.8. The van der Waals surface area contributed by atoms with E-state index in [2.05, 4.69) is 4.98 Å². The highest BCUT2D eigenvalue weighted by Crippen LogP contribution is 2.20. The molecule has 3 rings (SSSR count). The molecule has 0 aliphatic rings. The van der Waals surface area contributed by atoms with Crippen LogP contribution in [-0.2, 0) is 11.8 Å². The summed E-state index contributed by atoms with van der Waals surface area (Å²) in [6, 6.07) is 12.8. The van der Waals surface area contributed by atoms with E-state index >= 15 is 0 Å². The Balaban J connectivity index is 2.19. The molecule has 2 aromatic heterocycles. The van der Waals surface area contributed by atoms with Crippen molar-refractivity contribution in [2.45, 2.75) is 6.92 Å². The fraction of sp³-hybridized carbons (Fsp3) is 0.176. The summed E-state index contributed by atoms with van der Waals surface area (Å²) in [7, 11) is 1.69. The largest absolute Gasteiger partial charge is 0.461 e. The molecule has 0 spiro atoms. The molecule has 0 aliphatic carbocycles. The summed E-state index contributed by atoms with van der Waals surface area (Å²) in [5.74, 6) is -0.435. The lowest BCUT2D eigenvalue weighted by Gasteiger charge is -2.04. The number of benzene rings is 1. The number of hydrogen-bond acceptors (Lipinski definition) is 3. The molecule has 0 saturated carbocycles. The number of hydrogen-bond donors (Lipinski definition) is 1. The van der Waals surface area contributed by atoms with Crippen molar-refractivity contribution in [1.29, 1.82) is 0 Å². The summed E-state index contributed by atoms with van der Waals surface area (Å²) in [6.07, 6.45) is 0. The van der Waals surface area contributed by atoms with Crippen LogP contribution in [0.3, 0.4) is 0 Å². The highest BCUT2D eigenvalue weighted by molar-refractivity contribution is 5.94. The Hall–Kier alpha value is -2.82. The van der Waals surface area contributed by atoms with Gasteiger partial charge in [0.05, 0.1) is 12.1 Å². The molecule has 1 N–H and O–H groups in total. The van der Waals surface area contributed by atoms with Crippen molar-refractivity contribution >= 4 is 17.0 Å². The van der Waals surface area contributed by atoms with Crippen LogP contribution < -0.4 is 5.43 Å². The highest BCUT2D eigenvalue weighted by atomic mass is 16.5. The Morgan fingerprint density at radius 1 is 1.23 bits per heavy atom. The van der Waals surface area contributed by atoms with Gasteiger partial charge in [0.2, 0.25) is 5.43 Å². The van der Waals surface area contributed by atoms with Crippen LogP contribution in [0, 0.1) is 0 Å². The molecule has 0 amide bonds. The molecule has 0 atom stereocenters. The van der Waals surface area contributed by atoms with E-state index in [-0.39, 0.29) is 5.43 Å². The number of nitrogens with one attached hydrogen (secondary N) is 1. The van der Waals surface area contributed by atoms with E-state index in [1.165, 1.54) is 0 Å². The third-order valence-electron chi connectivity index (χ3n) is 3.58. The molecule has 112 valence electrons. The number of carbonyl (C=O) groups is 1. The molecule has 0 fully saturated rings. The van der Waals surface area contributed by atoms with E-state index in [0.29, 0.717) is 23.3 Å². The number of nitrogens with zero attached hydrogens (tertiary/aromatic N) is 1. The standard InChI is InChI=1S/C17H16N2O3/c1-3-22-17(21)14-9-13-16(19(14)2)15(20)10-12(18-13)11-7-5-4-6-8-11/h4-10H,3H2,1-2H3,(H,18,20). The van der Waals surface area contributed by atoms with Crippen LogP contribution in [0.1, 0.15) is 17.4 Å². The predicted octanol–water partition coefficient (Wildman–Crippen LogP) is 2.71. The fourth-order valence-corrected chi connectivity index (χ4v) is 2.55. The number of carbonyl (C=O) groups excluding carboxylic acids is 1. The van der Waals surface area contributed by atoms with Crippen LogP contribution in [0.15, 0.2) is 47.3 Å². The number of aromatic amines is 1. The summed E-state index contributed by atoms with van der Waals surface area (Å²) in [5.41, 5.74) is 2.95. The van der Waals surface area contributed by atoms with Crippen molar-refractivity contribution in [3.05, 3.63) is 58.4 Å². The molecule has 1 aromatic carbocycles. The number of aryl methyl sites for hydroxylation is 1. The number of esters is 1. The second-order valence-electron chi connectivity index (χ2n) is 4.98. The summed E-state index contributed by atoms with van der Waals surface area (Å²) >= 11 is 0. The maximum absolute atomic E-state index is 12.4. The van der Waals surface area contributed by atoms with Crippen molar-refractivity contribution in [3.63, 3.8) is 0 Å².